The zero-order valence-corrected chi connectivity index (χ0v) is 10.6. The van der Waals surface area contributed by atoms with E-state index in [1.165, 1.54) is 0 Å². The van der Waals surface area contributed by atoms with Gasteiger partial charge in [-0.1, -0.05) is 5.16 Å². The molecule has 0 aliphatic heterocycles. The lowest BCUT2D eigenvalue weighted by Gasteiger charge is -2.05. The fourth-order valence-corrected chi connectivity index (χ4v) is 1.84. The van der Waals surface area contributed by atoms with Crippen molar-refractivity contribution in [1.29, 1.82) is 0 Å². The molecule has 19 heavy (non-hydrogen) atoms. The number of hydrogen-bond donors (Lipinski definition) is 1. The summed E-state index contributed by atoms with van der Waals surface area (Å²) in [5.41, 5.74) is 0. The van der Waals surface area contributed by atoms with E-state index >= 15 is 0 Å². The number of halogens is 1. The molecule has 0 aliphatic carbocycles. The first-order chi connectivity index (χ1) is 8.86. The maximum atomic E-state index is 13.6. The number of nitrogens with zero attached hydrogens (tertiary/aromatic N) is 2. The van der Waals surface area contributed by atoms with E-state index in [2.05, 4.69) is 10.1 Å². The summed E-state index contributed by atoms with van der Waals surface area (Å²) in [5, 5.41) is 8.42. The summed E-state index contributed by atoms with van der Waals surface area (Å²) >= 11 is 0. The molecule has 1 aromatic carbocycles. The molecule has 0 radical (unpaired) electrons. The average molecular weight is 287 g/mol. The van der Waals surface area contributed by atoms with Gasteiger partial charge in [0.15, 0.2) is 24.0 Å². The molecule has 2 N–H and O–H groups in total. The number of aryl methyl sites for hydroxylation is 1. The Bertz CT molecular complexity index is 699. The van der Waals surface area contributed by atoms with E-state index in [1.807, 2.05) is 0 Å². The maximum Gasteiger partial charge on any atom is 0.264 e. The molecule has 0 fully saturated rings. The second-order valence-electron chi connectivity index (χ2n) is 3.66. The van der Waals surface area contributed by atoms with Gasteiger partial charge in [-0.05, 0) is 25.1 Å². The van der Waals surface area contributed by atoms with Crippen LogP contribution >= 0.6 is 0 Å². The van der Waals surface area contributed by atoms with Gasteiger partial charge in [0, 0.05) is 0 Å². The summed E-state index contributed by atoms with van der Waals surface area (Å²) in [5.74, 6) is -0.359. The molecular weight excluding hydrogens is 277 g/mol. The molecule has 9 heteroatoms. The number of primary sulfonamides is 1. The minimum absolute atomic E-state index is 0.119. The first-order valence-electron chi connectivity index (χ1n) is 5.10. The zero-order chi connectivity index (χ0) is 14.0. The number of hydrogen-bond acceptors (Lipinski definition) is 6. The smallest absolute Gasteiger partial charge is 0.264 e. The lowest BCUT2D eigenvalue weighted by atomic mass is 10.3. The van der Waals surface area contributed by atoms with E-state index in [-0.39, 0.29) is 23.1 Å². The molecule has 0 bridgehead atoms. The van der Waals surface area contributed by atoms with Gasteiger partial charge in [-0.3, -0.25) is 0 Å². The molecule has 2 aromatic rings. The SMILES string of the molecule is Cc1noc(COc2ccc(S(N)(=O)=O)cc2F)n1. The molecule has 0 saturated carbocycles. The van der Waals surface area contributed by atoms with E-state index < -0.39 is 15.8 Å². The van der Waals surface area contributed by atoms with Crippen LogP contribution in [0, 0.1) is 12.7 Å². The van der Waals surface area contributed by atoms with Gasteiger partial charge in [-0.15, -0.1) is 0 Å². The Morgan fingerprint density at radius 2 is 2.21 bits per heavy atom. The lowest BCUT2D eigenvalue weighted by Crippen LogP contribution is -2.12. The van der Waals surface area contributed by atoms with Crippen LogP contribution in [-0.4, -0.2) is 18.6 Å². The number of aromatic nitrogens is 2. The van der Waals surface area contributed by atoms with Crippen LogP contribution in [0.4, 0.5) is 4.39 Å². The molecule has 0 aliphatic rings. The van der Waals surface area contributed by atoms with Crippen molar-refractivity contribution in [3.8, 4) is 5.75 Å². The van der Waals surface area contributed by atoms with Gasteiger partial charge in [0.1, 0.15) is 0 Å². The summed E-state index contributed by atoms with van der Waals surface area (Å²) in [6.07, 6.45) is 0. The van der Waals surface area contributed by atoms with E-state index in [4.69, 9.17) is 14.4 Å². The molecule has 0 atom stereocenters. The van der Waals surface area contributed by atoms with Crippen LogP contribution in [0.25, 0.3) is 0 Å². The first-order valence-corrected chi connectivity index (χ1v) is 6.65. The van der Waals surface area contributed by atoms with Crippen molar-refractivity contribution in [3.63, 3.8) is 0 Å². The van der Waals surface area contributed by atoms with Crippen LogP contribution in [0.15, 0.2) is 27.6 Å². The number of sulfonamides is 1. The van der Waals surface area contributed by atoms with E-state index in [0.29, 0.717) is 5.82 Å². The summed E-state index contributed by atoms with van der Waals surface area (Å²) in [4.78, 5) is 3.54. The quantitative estimate of drug-likeness (QED) is 0.888. The largest absolute Gasteiger partial charge is 0.481 e. The van der Waals surface area contributed by atoms with Crippen LogP contribution in [-0.2, 0) is 16.6 Å². The summed E-state index contributed by atoms with van der Waals surface area (Å²) in [7, 11) is -3.94. The number of rotatable bonds is 4. The molecule has 7 nitrogen and oxygen atoms in total. The van der Waals surface area contributed by atoms with Crippen LogP contribution in [0.2, 0.25) is 0 Å². The fourth-order valence-electron chi connectivity index (χ4n) is 1.31. The highest BCUT2D eigenvalue weighted by molar-refractivity contribution is 7.89. The third-order valence-electron chi connectivity index (χ3n) is 2.15. The summed E-state index contributed by atoms with van der Waals surface area (Å²) < 4.78 is 45.5. The Balaban J connectivity index is 2.14. The molecule has 0 amide bonds. The fraction of sp³-hybridized carbons (Fsp3) is 0.200. The van der Waals surface area contributed by atoms with Crippen molar-refractivity contribution in [2.75, 3.05) is 0 Å². The standard InChI is InChI=1S/C10H10FN3O4S/c1-6-13-10(18-14-6)5-17-9-3-2-7(4-8(9)11)19(12,15)16/h2-4H,5H2,1H3,(H2,12,15,16). The first kappa shape index (κ1) is 13.4. The minimum Gasteiger partial charge on any atom is -0.481 e. The minimum atomic E-state index is -3.94. The van der Waals surface area contributed by atoms with Crippen LogP contribution in [0.5, 0.6) is 5.75 Å². The highest BCUT2D eigenvalue weighted by Gasteiger charge is 2.13. The predicted molar refractivity (Wildman–Crippen MR) is 61.1 cm³/mol. The molecule has 2 rings (SSSR count). The summed E-state index contributed by atoms with van der Waals surface area (Å²) in [6.45, 7) is 1.51. The Morgan fingerprint density at radius 3 is 2.74 bits per heavy atom. The second-order valence-corrected chi connectivity index (χ2v) is 5.22. The number of nitrogens with two attached hydrogens (primary N) is 1. The summed E-state index contributed by atoms with van der Waals surface area (Å²) in [6, 6.07) is 3.09. The van der Waals surface area contributed by atoms with Crippen molar-refractivity contribution < 1.29 is 22.1 Å². The van der Waals surface area contributed by atoms with E-state index in [0.717, 1.165) is 18.2 Å². The topological polar surface area (TPSA) is 108 Å². The molecule has 102 valence electrons. The highest BCUT2D eigenvalue weighted by Crippen LogP contribution is 2.21. The van der Waals surface area contributed by atoms with Gasteiger partial charge in [0.2, 0.25) is 10.0 Å². The van der Waals surface area contributed by atoms with Crippen LogP contribution in [0.3, 0.4) is 0 Å². The van der Waals surface area contributed by atoms with Crippen molar-refractivity contribution in [2.24, 2.45) is 5.14 Å². The third kappa shape index (κ3) is 3.26. The highest BCUT2D eigenvalue weighted by atomic mass is 32.2. The average Bonchev–Trinajstić information content (AvgIpc) is 2.72. The van der Waals surface area contributed by atoms with Gasteiger partial charge >= 0.3 is 0 Å². The van der Waals surface area contributed by atoms with Crippen molar-refractivity contribution in [3.05, 3.63) is 35.7 Å². The Morgan fingerprint density at radius 1 is 1.47 bits per heavy atom. The van der Waals surface area contributed by atoms with Gasteiger partial charge in [0.05, 0.1) is 4.90 Å². The van der Waals surface area contributed by atoms with Gasteiger partial charge in [-0.25, -0.2) is 17.9 Å². The Kier molecular flexibility index (Phi) is 3.49. The van der Waals surface area contributed by atoms with Gasteiger partial charge in [-0.2, -0.15) is 4.98 Å². The second kappa shape index (κ2) is 4.94. The monoisotopic (exact) mass is 287 g/mol. The normalized spacial score (nSPS) is 11.5. The third-order valence-corrected chi connectivity index (χ3v) is 3.06. The zero-order valence-electron chi connectivity index (χ0n) is 9.83. The van der Waals surface area contributed by atoms with E-state index in [9.17, 15) is 12.8 Å². The van der Waals surface area contributed by atoms with Crippen LogP contribution < -0.4 is 9.88 Å². The molecule has 0 spiro atoms. The number of ether oxygens (including phenoxy) is 1. The van der Waals surface area contributed by atoms with Crippen molar-refractivity contribution in [1.82, 2.24) is 10.1 Å². The predicted octanol–water partition coefficient (Wildman–Crippen LogP) is 0.744. The lowest BCUT2D eigenvalue weighted by molar-refractivity contribution is 0.234. The Labute approximate surface area is 108 Å². The number of benzene rings is 1. The maximum absolute atomic E-state index is 13.6. The molecule has 1 aromatic heterocycles. The van der Waals surface area contributed by atoms with Gasteiger partial charge < -0.3 is 9.26 Å². The molecule has 0 unspecified atom stereocenters. The van der Waals surface area contributed by atoms with Gasteiger partial charge in [0.25, 0.3) is 5.89 Å². The van der Waals surface area contributed by atoms with Crippen molar-refractivity contribution in [2.45, 2.75) is 18.4 Å². The Hall–Kier alpha value is -2.00. The van der Waals surface area contributed by atoms with E-state index in [1.54, 1.807) is 6.92 Å². The molecule has 0 saturated heterocycles. The molecular formula is C10H10FN3O4S. The van der Waals surface area contributed by atoms with Crippen molar-refractivity contribution >= 4 is 10.0 Å². The molecule has 1 heterocycles. The van der Waals surface area contributed by atoms with Crippen LogP contribution in [0.1, 0.15) is 11.7 Å².